The molecule has 0 spiro atoms. The first kappa shape index (κ1) is 14.7. The Bertz CT molecular complexity index is 1050. The fraction of sp³-hybridized carbons (Fsp3) is 0.0500. The molecule has 1 aliphatic rings. The van der Waals surface area contributed by atoms with Crippen LogP contribution in [-0.4, -0.2) is 10.2 Å². The van der Waals surface area contributed by atoms with Crippen molar-refractivity contribution in [2.45, 2.75) is 5.92 Å². The number of benzene rings is 2. The van der Waals surface area contributed by atoms with Gasteiger partial charge in [-0.05, 0) is 17.2 Å². The largest absolute Gasteiger partial charge is 0.349 e. The van der Waals surface area contributed by atoms with Gasteiger partial charge in [0, 0.05) is 11.3 Å². The summed E-state index contributed by atoms with van der Waals surface area (Å²) in [4.78, 5) is 3.83. The van der Waals surface area contributed by atoms with E-state index < -0.39 is 0 Å². The Hall–Kier alpha value is -3.83. The number of hydrogen-bond donors (Lipinski definition) is 2. The molecule has 1 aromatic heterocycles. The molecule has 1 aliphatic heterocycles. The number of H-pyrrole nitrogens is 1. The van der Waals surface area contributed by atoms with Crippen molar-refractivity contribution in [1.29, 1.82) is 5.26 Å². The number of rotatable bonds is 2. The number of aromatic amines is 1. The van der Waals surface area contributed by atoms with Crippen molar-refractivity contribution in [2.75, 3.05) is 5.32 Å². The first-order valence-corrected chi connectivity index (χ1v) is 7.80. The van der Waals surface area contributed by atoms with Crippen LogP contribution in [-0.2, 0) is 0 Å². The Morgan fingerprint density at radius 2 is 1.80 bits per heavy atom. The third-order valence-corrected chi connectivity index (χ3v) is 4.33. The van der Waals surface area contributed by atoms with E-state index in [0.29, 0.717) is 11.3 Å². The summed E-state index contributed by atoms with van der Waals surface area (Å²) < 4.78 is 0. The van der Waals surface area contributed by atoms with E-state index >= 15 is 0 Å². The Labute approximate surface area is 145 Å². The number of anilines is 1. The molecule has 2 heterocycles. The van der Waals surface area contributed by atoms with Gasteiger partial charge >= 0.3 is 0 Å². The van der Waals surface area contributed by atoms with Crippen molar-refractivity contribution < 1.29 is 0 Å². The maximum Gasteiger partial charge on any atom is 0.200 e. The molecule has 5 nitrogen and oxygen atoms in total. The van der Waals surface area contributed by atoms with E-state index in [1.807, 2.05) is 48.5 Å². The van der Waals surface area contributed by atoms with Crippen LogP contribution in [0.15, 0.2) is 66.5 Å². The minimum Gasteiger partial charge on any atom is -0.349 e. The minimum absolute atomic E-state index is 0.335. The van der Waals surface area contributed by atoms with Crippen LogP contribution in [0.4, 0.5) is 5.82 Å². The Balaban J connectivity index is 2.00. The van der Waals surface area contributed by atoms with E-state index in [4.69, 9.17) is 6.57 Å². The van der Waals surface area contributed by atoms with Crippen molar-refractivity contribution >= 4 is 11.5 Å². The summed E-state index contributed by atoms with van der Waals surface area (Å²) in [6.45, 7) is 7.79. The number of nitrogens with zero attached hydrogens (tertiary/aromatic N) is 3. The summed E-state index contributed by atoms with van der Waals surface area (Å²) >= 11 is 0. The highest BCUT2D eigenvalue weighted by Gasteiger charge is 2.33. The van der Waals surface area contributed by atoms with E-state index in [9.17, 15) is 5.26 Å². The zero-order valence-electron chi connectivity index (χ0n) is 13.2. The normalized spacial score (nSPS) is 15.7. The van der Waals surface area contributed by atoms with Crippen LogP contribution in [0.5, 0.6) is 0 Å². The average Bonchev–Trinajstić information content (AvgIpc) is 3.15. The van der Waals surface area contributed by atoms with Gasteiger partial charge in [-0.2, -0.15) is 10.4 Å². The summed E-state index contributed by atoms with van der Waals surface area (Å²) in [6, 6.07) is 19.4. The number of allylic oxidation sites excluding steroid dienone is 1. The molecule has 5 heteroatoms. The molecular formula is C20H13N5. The van der Waals surface area contributed by atoms with Crippen LogP contribution >= 0.6 is 0 Å². The lowest BCUT2D eigenvalue weighted by atomic mass is 9.83. The van der Waals surface area contributed by atoms with Crippen molar-refractivity contribution in [3.8, 4) is 6.07 Å². The highest BCUT2D eigenvalue weighted by atomic mass is 15.2. The van der Waals surface area contributed by atoms with Gasteiger partial charge in [-0.3, -0.25) is 5.10 Å². The van der Waals surface area contributed by atoms with Gasteiger partial charge in [-0.1, -0.05) is 48.5 Å². The Kier molecular flexibility index (Phi) is 3.53. The highest BCUT2D eigenvalue weighted by molar-refractivity contribution is 5.85. The quantitative estimate of drug-likeness (QED) is 0.697. The van der Waals surface area contributed by atoms with Crippen LogP contribution in [0.1, 0.15) is 28.2 Å². The molecule has 2 aromatic carbocycles. The summed E-state index contributed by atoms with van der Waals surface area (Å²) in [5, 5.41) is 19.9. The summed E-state index contributed by atoms with van der Waals surface area (Å²) in [7, 11) is 0. The standard InChI is InChI=1S/C20H13N5/c1-22-19-17(15-10-6-5-9-14(15)11-21)16-12-23-25-20(16)24-18(19)13-7-3-2-4-8-13/h2-10,12,17H,(H2,23,24,25). The zero-order valence-corrected chi connectivity index (χ0v) is 13.2. The molecule has 3 aromatic rings. The third-order valence-electron chi connectivity index (χ3n) is 4.33. The third kappa shape index (κ3) is 2.36. The van der Waals surface area contributed by atoms with Gasteiger partial charge in [0.2, 0.25) is 5.70 Å². The maximum absolute atomic E-state index is 9.51. The molecule has 118 valence electrons. The maximum atomic E-state index is 9.51. The molecule has 1 unspecified atom stereocenters. The monoisotopic (exact) mass is 323 g/mol. The summed E-state index contributed by atoms with van der Waals surface area (Å²) in [6.07, 6.45) is 1.72. The van der Waals surface area contributed by atoms with Gasteiger partial charge in [-0.15, -0.1) is 0 Å². The highest BCUT2D eigenvalue weighted by Crippen LogP contribution is 2.44. The molecule has 0 aliphatic carbocycles. The van der Waals surface area contributed by atoms with Gasteiger partial charge in [-0.25, -0.2) is 4.85 Å². The first-order valence-electron chi connectivity index (χ1n) is 7.80. The SMILES string of the molecule is [C-]#[N+]C1=C(c2ccccc2)Nc2[nH]ncc2C1c1ccccc1C#N. The summed E-state index contributed by atoms with van der Waals surface area (Å²) in [5.41, 5.74) is 4.47. The molecule has 0 saturated heterocycles. The Morgan fingerprint density at radius 3 is 2.56 bits per heavy atom. The van der Waals surface area contributed by atoms with Crippen LogP contribution < -0.4 is 5.32 Å². The van der Waals surface area contributed by atoms with E-state index in [2.05, 4.69) is 26.4 Å². The van der Waals surface area contributed by atoms with Gasteiger partial charge in [0.1, 0.15) is 5.82 Å². The van der Waals surface area contributed by atoms with Crippen LogP contribution in [0, 0.1) is 17.9 Å². The predicted octanol–water partition coefficient (Wildman–Crippen LogP) is 4.13. The second-order valence-corrected chi connectivity index (χ2v) is 5.70. The minimum atomic E-state index is -0.335. The van der Waals surface area contributed by atoms with Gasteiger partial charge < -0.3 is 5.32 Å². The molecule has 4 rings (SSSR count). The molecule has 25 heavy (non-hydrogen) atoms. The van der Waals surface area contributed by atoms with Crippen molar-refractivity contribution in [2.24, 2.45) is 0 Å². The average molecular weight is 323 g/mol. The molecule has 0 bridgehead atoms. The molecule has 0 amide bonds. The summed E-state index contributed by atoms with van der Waals surface area (Å²) in [5.74, 6) is 0.419. The lowest BCUT2D eigenvalue weighted by molar-refractivity contribution is 0.960. The number of nitrogens with one attached hydrogen (secondary N) is 2. The van der Waals surface area contributed by atoms with Crippen molar-refractivity contribution in [1.82, 2.24) is 10.2 Å². The van der Waals surface area contributed by atoms with E-state index in [0.717, 1.165) is 28.2 Å². The number of fused-ring (bicyclic) bond motifs is 1. The smallest absolute Gasteiger partial charge is 0.200 e. The second kappa shape index (κ2) is 5.99. The molecule has 0 fully saturated rings. The number of nitriles is 1. The van der Waals surface area contributed by atoms with E-state index in [1.165, 1.54) is 0 Å². The lowest BCUT2D eigenvalue weighted by Crippen LogP contribution is -2.17. The molecule has 0 radical (unpaired) electrons. The van der Waals surface area contributed by atoms with E-state index in [-0.39, 0.29) is 5.92 Å². The fourth-order valence-electron chi connectivity index (χ4n) is 3.21. The number of aromatic nitrogens is 2. The van der Waals surface area contributed by atoms with E-state index in [1.54, 1.807) is 12.3 Å². The molecule has 2 N–H and O–H groups in total. The van der Waals surface area contributed by atoms with Crippen molar-refractivity contribution in [3.05, 3.63) is 100 Å². The van der Waals surface area contributed by atoms with Crippen LogP contribution in [0.2, 0.25) is 0 Å². The number of hydrogen-bond acceptors (Lipinski definition) is 3. The molecule has 0 saturated carbocycles. The first-order chi connectivity index (χ1) is 12.3. The predicted molar refractivity (Wildman–Crippen MR) is 95.2 cm³/mol. The van der Waals surface area contributed by atoms with Gasteiger partial charge in [0.05, 0.1) is 30.3 Å². The Morgan fingerprint density at radius 1 is 1.04 bits per heavy atom. The molecular weight excluding hydrogens is 310 g/mol. The zero-order chi connectivity index (χ0) is 17.2. The topological polar surface area (TPSA) is 68.9 Å². The van der Waals surface area contributed by atoms with Crippen LogP contribution in [0.25, 0.3) is 10.5 Å². The second-order valence-electron chi connectivity index (χ2n) is 5.70. The fourth-order valence-corrected chi connectivity index (χ4v) is 3.21. The van der Waals surface area contributed by atoms with Crippen LogP contribution in [0.3, 0.4) is 0 Å². The van der Waals surface area contributed by atoms with Gasteiger partial charge in [0.15, 0.2) is 0 Å². The van der Waals surface area contributed by atoms with Gasteiger partial charge in [0.25, 0.3) is 0 Å². The lowest BCUT2D eigenvalue weighted by Gasteiger charge is -2.27. The molecule has 1 atom stereocenters. The van der Waals surface area contributed by atoms with Crippen molar-refractivity contribution in [3.63, 3.8) is 0 Å².